The smallest absolute Gasteiger partial charge is 0.416 e. The molecule has 2 aromatic rings. The molecule has 0 amide bonds. The Bertz CT molecular complexity index is 912. The number of rotatable bonds is 4. The highest BCUT2D eigenvalue weighted by molar-refractivity contribution is 6.42. The summed E-state index contributed by atoms with van der Waals surface area (Å²) in [4.78, 5) is 13.2. The lowest BCUT2D eigenvalue weighted by Crippen LogP contribution is -2.39. The fourth-order valence-corrected chi connectivity index (χ4v) is 4.26. The zero-order chi connectivity index (χ0) is 21.3. The lowest BCUT2D eigenvalue weighted by atomic mass is 9.90. The molecular formula is C20H17Cl3F3NO2. The Morgan fingerprint density at radius 1 is 1.03 bits per heavy atom. The number of carboxylic acids is 1. The van der Waals surface area contributed by atoms with Crippen molar-refractivity contribution in [1.82, 2.24) is 4.90 Å². The predicted octanol–water partition coefficient (Wildman–Crippen LogP) is 6.55. The molecule has 1 fully saturated rings. The molecule has 1 heterocycles. The zero-order valence-electron chi connectivity index (χ0n) is 15.0. The minimum absolute atomic E-state index is 0.166. The van der Waals surface area contributed by atoms with Crippen LogP contribution in [0, 0.1) is 5.92 Å². The number of hydrogen-bond acceptors (Lipinski definition) is 2. The summed E-state index contributed by atoms with van der Waals surface area (Å²) < 4.78 is 40.0. The third kappa shape index (κ3) is 4.82. The fraction of sp³-hybridized carbons (Fsp3) is 0.350. The maximum Gasteiger partial charge on any atom is 0.416 e. The first-order valence-corrected chi connectivity index (χ1v) is 10.0. The number of benzene rings is 2. The topological polar surface area (TPSA) is 40.5 Å². The van der Waals surface area contributed by atoms with Crippen LogP contribution in [-0.2, 0) is 11.0 Å². The summed E-state index contributed by atoms with van der Waals surface area (Å²) in [6.07, 6.45) is -3.78. The normalized spacial score (nSPS) is 17.3. The van der Waals surface area contributed by atoms with Crippen molar-refractivity contribution in [3.8, 4) is 0 Å². The van der Waals surface area contributed by atoms with Crippen LogP contribution in [-0.4, -0.2) is 29.1 Å². The van der Waals surface area contributed by atoms with E-state index in [1.54, 1.807) is 18.2 Å². The second-order valence-corrected chi connectivity index (χ2v) is 8.12. The summed E-state index contributed by atoms with van der Waals surface area (Å²) in [6.45, 7) is 0.744. The molecule has 0 radical (unpaired) electrons. The van der Waals surface area contributed by atoms with Gasteiger partial charge in [-0.05, 0) is 61.3 Å². The monoisotopic (exact) mass is 465 g/mol. The van der Waals surface area contributed by atoms with Crippen molar-refractivity contribution in [2.75, 3.05) is 13.1 Å². The number of piperidine rings is 1. The Morgan fingerprint density at radius 2 is 1.69 bits per heavy atom. The van der Waals surface area contributed by atoms with Gasteiger partial charge in [-0.3, -0.25) is 9.69 Å². The highest BCUT2D eigenvalue weighted by atomic mass is 35.5. The molecule has 0 spiro atoms. The van der Waals surface area contributed by atoms with E-state index in [9.17, 15) is 23.1 Å². The van der Waals surface area contributed by atoms with Gasteiger partial charge in [0.2, 0.25) is 0 Å². The van der Waals surface area contributed by atoms with Crippen molar-refractivity contribution in [1.29, 1.82) is 0 Å². The third-order valence-electron chi connectivity index (χ3n) is 5.14. The molecule has 0 saturated carbocycles. The van der Waals surface area contributed by atoms with Gasteiger partial charge in [0.1, 0.15) is 0 Å². The number of likely N-dealkylation sites (tertiary alicyclic amines) is 1. The van der Waals surface area contributed by atoms with Crippen LogP contribution in [0.2, 0.25) is 15.1 Å². The molecule has 1 aliphatic heterocycles. The number of nitrogens with zero attached hydrogens (tertiary/aromatic N) is 1. The van der Waals surface area contributed by atoms with E-state index in [2.05, 4.69) is 0 Å². The van der Waals surface area contributed by atoms with Gasteiger partial charge in [0.25, 0.3) is 0 Å². The number of carbonyl (C=O) groups is 1. The molecule has 3 rings (SSSR count). The van der Waals surface area contributed by atoms with E-state index in [1.165, 1.54) is 6.07 Å². The van der Waals surface area contributed by atoms with Gasteiger partial charge < -0.3 is 5.11 Å². The fourth-order valence-electron chi connectivity index (χ4n) is 3.63. The van der Waals surface area contributed by atoms with Gasteiger partial charge in [-0.2, -0.15) is 13.2 Å². The molecule has 156 valence electrons. The molecule has 3 nitrogen and oxygen atoms in total. The highest BCUT2D eigenvalue weighted by Gasteiger charge is 2.35. The summed E-state index contributed by atoms with van der Waals surface area (Å²) in [5.74, 6) is -1.36. The zero-order valence-corrected chi connectivity index (χ0v) is 17.3. The van der Waals surface area contributed by atoms with Crippen molar-refractivity contribution in [3.63, 3.8) is 0 Å². The Hall–Kier alpha value is -1.47. The molecule has 0 bridgehead atoms. The maximum absolute atomic E-state index is 13.3. The molecule has 1 aliphatic rings. The van der Waals surface area contributed by atoms with Crippen molar-refractivity contribution in [2.45, 2.75) is 25.1 Å². The molecule has 29 heavy (non-hydrogen) atoms. The summed E-state index contributed by atoms with van der Waals surface area (Å²) in [5.41, 5.74) is -0.0472. The first-order chi connectivity index (χ1) is 13.6. The Morgan fingerprint density at radius 3 is 2.28 bits per heavy atom. The average molecular weight is 467 g/mol. The van der Waals surface area contributed by atoms with Crippen LogP contribution < -0.4 is 0 Å². The van der Waals surface area contributed by atoms with Crippen LogP contribution >= 0.6 is 34.8 Å². The van der Waals surface area contributed by atoms with Gasteiger partial charge in [0, 0.05) is 5.02 Å². The van der Waals surface area contributed by atoms with Crippen LogP contribution in [0.4, 0.5) is 13.2 Å². The Kier molecular flexibility index (Phi) is 6.68. The summed E-state index contributed by atoms with van der Waals surface area (Å²) in [7, 11) is 0. The molecule has 1 unspecified atom stereocenters. The summed E-state index contributed by atoms with van der Waals surface area (Å²) in [6, 6.07) is 7.43. The van der Waals surface area contributed by atoms with E-state index in [1.807, 2.05) is 4.90 Å². The van der Waals surface area contributed by atoms with Crippen LogP contribution in [0.5, 0.6) is 0 Å². The van der Waals surface area contributed by atoms with E-state index in [0.717, 1.165) is 12.1 Å². The van der Waals surface area contributed by atoms with Crippen molar-refractivity contribution in [3.05, 3.63) is 68.2 Å². The molecular weight excluding hydrogens is 450 g/mol. The molecule has 9 heteroatoms. The Balaban J connectivity index is 2.10. The molecule has 0 aromatic heterocycles. The number of carboxylic acid groups (broad SMARTS) is 1. The van der Waals surface area contributed by atoms with Crippen molar-refractivity contribution in [2.24, 2.45) is 5.92 Å². The van der Waals surface area contributed by atoms with E-state index >= 15 is 0 Å². The van der Waals surface area contributed by atoms with Gasteiger partial charge in [-0.15, -0.1) is 0 Å². The predicted molar refractivity (Wildman–Crippen MR) is 107 cm³/mol. The minimum atomic E-state index is -4.53. The van der Waals surface area contributed by atoms with Crippen LogP contribution in [0.3, 0.4) is 0 Å². The molecule has 2 aromatic carbocycles. The second-order valence-electron chi connectivity index (χ2n) is 6.93. The van der Waals surface area contributed by atoms with Gasteiger partial charge in [0.05, 0.1) is 27.6 Å². The highest BCUT2D eigenvalue weighted by Crippen LogP contribution is 2.42. The third-order valence-corrected chi connectivity index (χ3v) is 6.32. The summed E-state index contributed by atoms with van der Waals surface area (Å²) in [5, 5.41) is 9.92. The Labute approximate surface area is 181 Å². The second kappa shape index (κ2) is 8.72. The minimum Gasteiger partial charge on any atom is -0.481 e. The molecule has 1 N–H and O–H groups in total. The summed E-state index contributed by atoms with van der Waals surface area (Å²) >= 11 is 18.9. The van der Waals surface area contributed by atoms with Crippen molar-refractivity contribution >= 4 is 40.8 Å². The average Bonchev–Trinajstić information content (AvgIpc) is 2.66. The SMILES string of the molecule is O=C(O)C1CCN(C(c2cc(C(F)(F)F)ccc2Cl)c2cccc(Cl)c2Cl)CC1. The van der Waals surface area contributed by atoms with Crippen LogP contribution in [0.15, 0.2) is 36.4 Å². The first kappa shape index (κ1) is 22.2. The lowest BCUT2D eigenvalue weighted by molar-refractivity contribution is -0.143. The number of aliphatic carboxylic acids is 1. The maximum atomic E-state index is 13.3. The largest absolute Gasteiger partial charge is 0.481 e. The van der Waals surface area contributed by atoms with Crippen LogP contribution in [0.25, 0.3) is 0 Å². The number of hydrogen-bond donors (Lipinski definition) is 1. The van der Waals surface area contributed by atoms with Gasteiger partial charge in [-0.25, -0.2) is 0 Å². The number of alkyl halides is 3. The van der Waals surface area contributed by atoms with E-state index in [4.69, 9.17) is 34.8 Å². The quantitative estimate of drug-likeness (QED) is 0.555. The molecule has 0 aliphatic carbocycles. The molecule has 1 saturated heterocycles. The number of halogens is 6. The van der Waals surface area contributed by atoms with E-state index in [-0.39, 0.29) is 20.6 Å². The lowest BCUT2D eigenvalue weighted by Gasteiger charge is -2.38. The van der Waals surface area contributed by atoms with Crippen molar-refractivity contribution < 1.29 is 23.1 Å². The van der Waals surface area contributed by atoms with Crippen LogP contribution in [0.1, 0.15) is 35.6 Å². The van der Waals surface area contributed by atoms with E-state index < -0.39 is 29.7 Å². The first-order valence-electron chi connectivity index (χ1n) is 8.87. The molecule has 1 atom stereocenters. The van der Waals surface area contributed by atoms with Gasteiger partial charge >= 0.3 is 12.1 Å². The van der Waals surface area contributed by atoms with E-state index in [0.29, 0.717) is 31.5 Å². The van der Waals surface area contributed by atoms with Gasteiger partial charge in [-0.1, -0.05) is 46.9 Å². The van der Waals surface area contributed by atoms with Gasteiger partial charge in [0.15, 0.2) is 0 Å². The standard InChI is InChI=1S/C20H17Cl3F3NO2/c21-15-5-4-12(20(24,25)26)10-14(15)18(13-2-1-3-16(22)17(13)23)27-8-6-11(7-9-27)19(28)29/h1-5,10-11,18H,6-9H2,(H,28,29).